The zero-order valence-electron chi connectivity index (χ0n) is 15.2. The highest BCUT2D eigenvalue weighted by molar-refractivity contribution is 5.70. The van der Waals surface area contributed by atoms with Crippen molar-refractivity contribution in [3.63, 3.8) is 0 Å². The number of ether oxygens (including phenoxy) is 1. The fourth-order valence-corrected chi connectivity index (χ4v) is 4.06. The Morgan fingerprint density at radius 2 is 1.85 bits per heavy atom. The van der Waals surface area contributed by atoms with E-state index in [1.807, 2.05) is 42.6 Å². The standard InChI is InChI=1S/C23H24N2O2/c26-17-23(19-8-2-1-3-9-19,22-16-25-13-14-27-22)21-11-5-4-10-20(21)18-7-6-12-24-15-18/h1-12,15,22,25-26H,13-14,16-17H2. The molecular formula is C23H24N2O2. The predicted octanol–water partition coefficient (Wildman–Crippen LogP) is 3.02. The Morgan fingerprint density at radius 1 is 1.04 bits per heavy atom. The number of aromatic nitrogens is 1. The SMILES string of the molecule is OCC(c1ccccc1)(c1ccccc1-c1cccnc1)C1CNCCO1. The van der Waals surface area contributed by atoms with Gasteiger partial charge in [0.1, 0.15) is 0 Å². The molecule has 2 N–H and O–H groups in total. The quantitative estimate of drug-likeness (QED) is 0.734. The lowest BCUT2D eigenvalue weighted by atomic mass is 9.68. The summed E-state index contributed by atoms with van der Waals surface area (Å²) in [6, 6.07) is 22.4. The number of nitrogens with one attached hydrogen (secondary N) is 1. The summed E-state index contributed by atoms with van der Waals surface area (Å²) in [4.78, 5) is 4.29. The minimum absolute atomic E-state index is 0.0410. The lowest BCUT2D eigenvalue weighted by Gasteiger charge is -2.43. The van der Waals surface area contributed by atoms with Crippen molar-refractivity contribution in [2.75, 3.05) is 26.3 Å². The maximum absolute atomic E-state index is 10.8. The van der Waals surface area contributed by atoms with Crippen LogP contribution in [0.3, 0.4) is 0 Å². The molecule has 4 heteroatoms. The predicted molar refractivity (Wildman–Crippen MR) is 107 cm³/mol. The van der Waals surface area contributed by atoms with Gasteiger partial charge in [-0.05, 0) is 22.8 Å². The van der Waals surface area contributed by atoms with Gasteiger partial charge in [-0.15, -0.1) is 0 Å². The van der Waals surface area contributed by atoms with Gasteiger partial charge in [0.25, 0.3) is 0 Å². The van der Waals surface area contributed by atoms with Gasteiger partial charge in [-0.1, -0.05) is 60.7 Å². The second kappa shape index (κ2) is 8.01. The van der Waals surface area contributed by atoms with Gasteiger partial charge in [0.2, 0.25) is 0 Å². The molecule has 1 aliphatic heterocycles. The molecule has 2 aromatic carbocycles. The number of benzene rings is 2. The van der Waals surface area contributed by atoms with E-state index in [1.54, 1.807) is 6.20 Å². The van der Waals surface area contributed by atoms with E-state index >= 15 is 0 Å². The lowest BCUT2D eigenvalue weighted by molar-refractivity contribution is -0.0285. The van der Waals surface area contributed by atoms with Crippen molar-refractivity contribution >= 4 is 0 Å². The third-order valence-corrected chi connectivity index (χ3v) is 5.40. The summed E-state index contributed by atoms with van der Waals surface area (Å²) < 4.78 is 6.20. The van der Waals surface area contributed by atoms with Gasteiger partial charge in [0.05, 0.1) is 24.7 Å². The Hall–Kier alpha value is -2.53. The van der Waals surface area contributed by atoms with Crippen LogP contribution in [0.15, 0.2) is 79.1 Å². The molecule has 0 bridgehead atoms. The number of nitrogens with zero attached hydrogens (tertiary/aromatic N) is 1. The monoisotopic (exact) mass is 360 g/mol. The van der Waals surface area contributed by atoms with Crippen LogP contribution in [-0.2, 0) is 10.2 Å². The minimum Gasteiger partial charge on any atom is -0.395 e. The molecule has 0 saturated carbocycles. The highest BCUT2D eigenvalue weighted by Crippen LogP contribution is 2.42. The second-order valence-corrected chi connectivity index (χ2v) is 6.85. The number of pyridine rings is 1. The third-order valence-electron chi connectivity index (χ3n) is 5.40. The topological polar surface area (TPSA) is 54.4 Å². The molecule has 2 unspecified atom stereocenters. The van der Waals surface area contributed by atoms with E-state index in [0.29, 0.717) is 13.2 Å². The van der Waals surface area contributed by atoms with Crippen LogP contribution in [0.4, 0.5) is 0 Å². The number of morpholine rings is 1. The summed E-state index contributed by atoms with van der Waals surface area (Å²) in [5.41, 5.74) is 3.54. The van der Waals surface area contributed by atoms with Gasteiger partial charge < -0.3 is 15.2 Å². The molecule has 1 aromatic heterocycles. The smallest absolute Gasteiger partial charge is 0.0859 e. The Balaban J connectivity index is 1.95. The number of aliphatic hydroxyl groups is 1. The summed E-state index contributed by atoms with van der Waals surface area (Å²) in [5.74, 6) is 0. The van der Waals surface area contributed by atoms with Crippen molar-refractivity contribution in [3.8, 4) is 11.1 Å². The van der Waals surface area contributed by atoms with Crippen molar-refractivity contribution < 1.29 is 9.84 Å². The fourth-order valence-electron chi connectivity index (χ4n) is 4.06. The molecule has 138 valence electrons. The molecular weight excluding hydrogens is 336 g/mol. The van der Waals surface area contributed by atoms with Crippen LogP contribution in [-0.4, -0.2) is 42.5 Å². The maximum atomic E-state index is 10.8. The van der Waals surface area contributed by atoms with E-state index in [4.69, 9.17) is 4.74 Å². The van der Waals surface area contributed by atoms with Gasteiger partial charge in [-0.2, -0.15) is 0 Å². The summed E-state index contributed by atoms with van der Waals surface area (Å²) in [6.45, 7) is 2.11. The van der Waals surface area contributed by atoms with Crippen molar-refractivity contribution in [2.24, 2.45) is 0 Å². The molecule has 0 aliphatic carbocycles. The van der Waals surface area contributed by atoms with Gasteiger partial charge in [-0.3, -0.25) is 4.98 Å². The highest BCUT2D eigenvalue weighted by Gasteiger charge is 2.44. The van der Waals surface area contributed by atoms with Gasteiger partial charge >= 0.3 is 0 Å². The van der Waals surface area contributed by atoms with Crippen molar-refractivity contribution in [2.45, 2.75) is 11.5 Å². The first kappa shape index (κ1) is 17.9. The van der Waals surface area contributed by atoms with E-state index in [9.17, 15) is 5.11 Å². The number of hydrogen-bond donors (Lipinski definition) is 2. The largest absolute Gasteiger partial charge is 0.395 e. The van der Waals surface area contributed by atoms with E-state index in [1.165, 1.54) is 0 Å². The normalized spacial score (nSPS) is 19.4. The van der Waals surface area contributed by atoms with Crippen LogP contribution < -0.4 is 5.32 Å². The molecule has 0 amide bonds. The van der Waals surface area contributed by atoms with Crippen LogP contribution in [0.1, 0.15) is 11.1 Å². The van der Waals surface area contributed by atoms with Crippen LogP contribution >= 0.6 is 0 Å². The first-order chi connectivity index (χ1) is 13.4. The molecule has 1 fully saturated rings. The van der Waals surface area contributed by atoms with Gasteiger partial charge in [-0.25, -0.2) is 0 Å². The summed E-state index contributed by atoms with van der Waals surface area (Å²) in [6.07, 6.45) is 3.47. The van der Waals surface area contributed by atoms with E-state index in [2.05, 4.69) is 40.6 Å². The number of hydrogen-bond acceptors (Lipinski definition) is 4. The molecule has 3 aromatic rings. The van der Waals surface area contributed by atoms with Crippen molar-refractivity contribution in [1.82, 2.24) is 10.3 Å². The third kappa shape index (κ3) is 3.28. The Bertz CT molecular complexity index is 864. The average molecular weight is 360 g/mol. The minimum atomic E-state index is -0.666. The van der Waals surface area contributed by atoms with E-state index < -0.39 is 5.41 Å². The van der Waals surface area contributed by atoms with E-state index in [0.717, 1.165) is 28.8 Å². The first-order valence-corrected chi connectivity index (χ1v) is 9.35. The molecule has 4 rings (SSSR count). The molecule has 4 nitrogen and oxygen atoms in total. The first-order valence-electron chi connectivity index (χ1n) is 9.35. The van der Waals surface area contributed by atoms with Crippen molar-refractivity contribution in [1.29, 1.82) is 0 Å². The zero-order chi connectivity index (χ0) is 18.5. The molecule has 0 spiro atoms. The van der Waals surface area contributed by atoms with Crippen molar-refractivity contribution in [3.05, 3.63) is 90.3 Å². The number of rotatable bonds is 5. The zero-order valence-corrected chi connectivity index (χ0v) is 15.2. The lowest BCUT2D eigenvalue weighted by Crippen LogP contribution is -2.54. The van der Waals surface area contributed by atoms with Gasteiger partial charge in [0, 0.05) is 31.0 Å². The summed E-state index contributed by atoms with van der Waals surface area (Å²) >= 11 is 0. The Morgan fingerprint density at radius 3 is 2.56 bits per heavy atom. The molecule has 0 radical (unpaired) electrons. The summed E-state index contributed by atoms with van der Waals surface area (Å²) in [7, 11) is 0. The highest BCUT2D eigenvalue weighted by atomic mass is 16.5. The molecule has 1 aliphatic rings. The summed E-state index contributed by atoms with van der Waals surface area (Å²) in [5, 5.41) is 14.2. The Labute approximate surface area is 159 Å². The van der Waals surface area contributed by atoms with Crippen LogP contribution in [0.25, 0.3) is 11.1 Å². The van der Waals surface area contributed by atoms with Crippen LogP contribution in [0.5, 0.6) is 0 Å². The van der Waals surface area contributed by atoms with Gasteiger partial charge in [0.15, 0.2) is 0 Å². The molecule has 2 atom stereocenters. The van der Waals surface area contributed by atoms with Crippen LogP contribution in [0, 0.1) is 0 Å². The molecule has 1 saturated heterocycles. The number of aliphatic hydroxyl groups excluding tert-OH is 1. The van der Waals surface area contributed by atoms with Crippen LogP contribution in [0.2, 0.25) is 0 Å². The Kier molecular flexibility index (Phi) is 5.30. The average Bonchev–Trinajstić information content (AvgIpc) is 2.77. The second-order valence-electron chi connectivity index (χ2n) is 6.85. The molecule has 2 heterocycles. The van der Waals surface area contributed by atoms with E-state index in [-0.39, 0.29) is 12.7 Å². The molecule has 27 heavy (non-hydrogen) atoms. The fraction of sp³-hybridized carbons (Fsp3) is 0.261. The maximum Gasteiger partial charge on any atom is 0.0859 e.